The molecule has 1 amide bonds. The number of thiophene rings is 1. The molecule has 140 valence electrons. The molecule has 2 aliphatic rings. The Kier molecular flexibility index (Phi) is 5.21. The largest absolute Gasteiger partial charge is 0.346 e. The van der Waals surface area contributed by atoms with Crippen LogP contribution in [0.4, 0.5) is 0 Å². The molecule has 4 rings (SSSR count). The first-order chi connectivity index (χ1) is 12.7. The maximum atomic E-state index is 12.6. The van der Waals surface area contributed by atoms with Crippen molar-refractivity contribution in [3.8, 4) is 0 Å². The number of carbonyl (C=O) groups excluding carboxylic acids is 1. The SMILES string of the molecule is O=C(Cn1nc2n(c1=O)CCCCC2)N1CCN(Cc2cccs2)CC1. The molecule has 0 unspecified atom stereocenters. The van der Waals surface area contributed by atoms with Crippen LogP contribution in [-0.4, -0.2) is 56.2 Å². The quantitative estimate of drug-likeness (QED) is 0.805. The van der Waals surface area contributed by atoms with Crippen molar-refractivity contribution in [1.82, 2.24) is 24.1 Å². The van der Waals surface area contributed by atoms with Gasteiger partial charge < -0.3 is 4.90 Å². The highest BCUT2D eigenvalue weighted by molar-refractivity contribution is 7.09. The molecule has 0 saturated carbocycles. The van der Waals surface area contributed by atoms with Crippen LogP contribution >= 0.6 is 11.3 Å². The lowest BCUT2D eigenvalue weighted by atomic mass is 10.2. The average molecular weight is 375 g/mol. The third-order valence-corrected chi connectivity index (χ3v) is 6.11. The third-order valence-electron chi connectivity index (χ3n) is 5.25. The van der Waals surface area contributed by atoms with Gasteiger partial charge in [0.15, 0.2) is 0 Å². The van der Waals surface area contributed by atoms with Crippen LogP contribution in [0.5, 0.6) is 0 Å². The van der Waals surface area contributed by atoms with Gasteiger partial charge in [-0.25, -0.2) is 9.48 Å². The smallest absolute Gasteiger partial charge is 0.339 e. The Morgan fingerprint density at radius 2 is 1.96 bits per heavy atom. The molecule has 0 radical (unpaired) electrons. The molecule has 2 aromatic heterocycles. The number of carbonyl (C=O) groups is 1. The molecule has 0 spiro atoms. The molecule has 1 saturated heterocycles. The van der Waals surface area contributed by atoms with E-state index >= 15 is 0 Å². The van der Waals surface area contributed by atoms with Gasteiger partial charge in [0.2, 0.25) is 5.91 Å². The van der Waals surface area contributed by atoms with E-state index in [1.54, 1.807) is 15.9 Å². The summed E-state index contributed by atoms with van der Waals surface area (Å²) in [6, 6.07) is 4.22. The third kappa shape index (κ3) is 3.76. The molecule has 7 nitrogen and oxygen atoms in total. The average Bonchev–Trinajstić information content (AvgIpc) is 3.17. The van der Waals surface area contributed by atoms with E-state index in [0.717, 1.165) is 57.7 Å². The number of piperazine rings is 1. The number of hydrogen-bond donors (Lipinski definition) is 0. The van der Waals surface area contributed by atoms with Gasteiger partial charge in [0.25, 0.3) is 0 Å². The van der Waals surface area contributed by atoms with Gasteiger partial charge in [-0.2, -0.15) is 5.10 Å². The van der Waals surface area contributed by atoms with E-state index in [4.69, 9.17) is 0 Å². The number of rotatable bonds is 4. The minimum Gasteiger partial charge on any atom is -0.339 e. The zero-order valence-electron chi connectivity index (χ0n) is 15.0. The maximum absolute atomic E-state index is 12.6. The van der Waals surface area contributed by atoms with Gasteiger partial charge >= 0.3 is 5.69 Å². The second-order valence-electron chi connectivity index (χ2n) is 7.06. The van der Waals surface area contributed by atoms with Crippen molar-refractivity contribution >= 4 is 17.2 Å². The Hall–Kier alpha value is -1.93. The molecule has 0 bridgehead atoms. The number of fused-ring (bicyclic) bond motifs is 1. The Balaban J connectivity index is 1.34. The summed E-state index contributed by atoms with van der Waals surface area (Å²) in [6.45, 7) is 4.91. The maximum Gasteiger partial charge on any atom is 0.346 e. The number of aryl methyl sites for hydroxylation is 1. The van der Waals surface area contributed by atoms with Gasteiger partial charge in [0, 0.05) is 50.6 Å². The topological polar surface area (TPSA) is 63.4 Å². The van der Waals surface area contributed by atoms with Crippen molar-refractivity contribution in [2.75, 3.05) is 26.2 Å². The van der Waals surface area contributed by atoms with Crippen LogP contribution in [-0.2, 0) is 30.8 Å². The van der Waals surface area contributed by atoms with Crippen molar-refractivity contribution < 1.29 is 4.79 Å². The summed E-state index contributed by atoms with van der Waals surface area (Å²) in [4.78, 5) is 30.7. The number of hydrogen-bond acceptors (Lipinski definition) is 5. The fourth-order valence-electron chi connectivity index (χ4n) is 3.73. The Morgan fingerprint density at radius 3 is 2.73 bits per heavy atom. The number of aromatic nitrogens is 3. The summed E-state index contributed by atoms with van der Waals surface area (Å²) >= 11 is 1.77. The van der Waals surface area contributed by atoms with Crippen LogP contribution in [0.25, 0.3) is 0 Å². The van der Waals surface area contributed by atoms with Crippen LogP contribution in [0, 0.1) is 0 Å². The van der Waals surface area contributed by atoms with Gasteiger partial charge in [0.1, 0.15) is 12.4 Å². The molecule has 4 heterocycles. The summed E-state index contributed by atoms with van der Waals surface area (Å²) in [6.07, 6.45) is 4.05. The number of nitrogens with zero attached hydrogens (tertiary/aromatic N) is 5. The van der Waals surface area contributed by atoms with Crippen LogP contribution in [0.2, 0.25) is 0 Å². The highest BCUT2D eigenvalue weighted by Crippen LogP contribution is 2.14. The van der Waals surface area contributed by atoms with E-state index < -0.39 is 0 Å². The van der Waals surface area contributed by atoms with E-state index in [1.165, 1.54) is 9.56 Å². The Labute approximate surface area is 156 Å². The van der Waals surface area contributed by atoms with E-state index in [-0.39, 0.29) is 18.1 Å². The molecule has 0 aromatic carbocycles. The predicted molar refractivity (Wildman–Crippen MR) is 100 cm³/mol. The second-order valence-corrected chi connectivity index (χ2v) is 8.09. The monoisotopic (exact) mass is 375 g/mol. The lowest BCUT2D eigenvalue weighted by Gasteiger charge is -2.34. The zero-order valence-corrected chi connectivity index (χ0v) is 15.8. The summed E-state index contributed by atoms with van der Waals surface area (Å²) in [5, 5.41) is 6.52. The molecule has 8 heteroatoms. The van der Waals surface area contributed by atoms with Crippen molar-refractivity contribution in [3.05, 3.63) is 38.7 Å². The molecule has 0 atom stereocenters. The van der Waals surface area contributed by atoms with E-state index in [2.05, 4.69) is 27.5 Å². The van der Waals surface area contributed by atoms with E-state index in [1.807, 2.05) is 4.90 Å². The minimum atomic E-state index is -0.133. The first kappa shape index (κ1) is 17.5. The van der Waals surface area contributed by atoms with Crippen LogP contribution in [0.1, 0.15) is 30.0 Å². The van der Waals surface area contributed by atoms with Gasteiger partial charge in [-0.1, -0.05) is 12.5 Å². The van der Waals surface area contributed by atoms with Crippen molar-refractivity contribution in [3.63, 3.8) is 0 Å². The fraction of sp³-hybridized carbons (Fsp3) is 0.611. The molecular formula is C18H25N5O2S. The first-order valence-electron chi connectivity index (χ1n) is 9.40. The second kappa shape index (κ2) is 7.75. The summed E-state index contributed by atoms with van der Waals surface area (Å²) in [7, 11) is 0. The molecule has 0 N–H and O–H groups in total. The van der Waals surface area contributed by atoms with Crippen LogP contribution < -0.4 is 5.69 Å². The van der Waals surface area contributed by atoms with Crippen LogP contribution in [0.15, 0.2) is 22.3 Å². The van der Waals surface area contributed by atoms with Gasteiger partial charge in [-0.3, -0.25) is 14.3 Å². The normalized spacial score (nSPS) is 18.5. The summed E-state index contributed by atoms with van der Waals surface area (Å²) < 4.78 is 3.11. The number of amides is 1. The summed E-state index contributed by atoms with van der Waals surface area (Å²) in [5.41, 5.74) is -0.133. The first-order valence-corrected chi connectivity index (χ1v) is 10.3. The molecule has 2 aromatic rings. The van der Waals surface area contributed by atoms with E-state index in [0.29, 0.717) is 13.1 Å². The minimum absolute atomic E-state index is 0.00358. The highest BCUT2D eigenvalue weighted by atomic mass is 32.1. The standard InChI is InChI=1S/C18H25N5O2S/c24-17(14-23-18(25)22-7-3-1-2-6-16(22)19-23)21-10-8-20(9-11-21)13-15-5-4-12-26-15/h4-5,12H,1-3,6-11,13-14H2. The van der Waals surface area contributed by atoms with Crippen molar-refractivity contribution in [1.29, 1.82) is 0 Å². The van der Waals surface area contributed by atoms with Gasteiger partial charge in [-0.15, -0.1) is 11.3 Å². The van der Waals surface area contributed by atoms with Gasteiger partial charge in [0.05, 0.1) is 0 Å². The zero-order chi connectivity index (χ0) is 17.9. The van der Waals surface area contributed by atoms with E-state index in [9.17, 15) is 9.59 Å². The molecule has 26 heavy (non-hydrogen) atoms. The fourth-order valence-corrected chi connectivity index (χ4v) is 4.48. The Bertz CT molecular complexity index is 802. The van der Waals surface area contributed by atoms with Crippen molar-refractivity contribution in [2.45, 2.75) is 45.3 Å². The summed E-state index contributed by atoms with van der Waals surface area (Å²) in [5.74, 6) is 0.831. The Morgan fingerprint density at radius 1 is 1.12 bits per heavy atom. The highest BCUT2D eigenvalue weighted by Gasteiger charge is 2.23. The molecule has 2 aliphatic heterocycles. The molecule has 0 aliphatic carbocycles. The van der Waals surface area contributed by atoms with Crippen LogP contribution in [0.3, 0.4) is 0 Å². The molecular weight excluding hydrogens is 350 g/mol. The lowest BCUT2D eigenvalue weighted by Crippen LogP contribution is -2.49. The molecule has 1 fully saturated rings. The lowest BCUT2D eigenvalue weighted by molar-refractivity contribution is -0.133. The van der Waals surface area contributed by atoms with Crippen molar-refractivity contribution in [2.24, 2.45) is 0 Å². The predicted octanol–water partition coefficient (Wildman–Crippen LogP) is 1.18. The van der Waals surface area contributed by atoms with Gasteiger partial charge in [-0.05, 0) is 24.3 Å².